The van der Waals surface area contributed by atoms with Gasteiger partial charge in [-0.15, -0.1) is 0 Å². The van der Waals surface area contributed by atoms with Crippen LogP contribution in [0.2, 0.25) is 0 Å². The summed E-state index contributed by atoms with van der Waals surface area (Å²) < 4.78 is 0. The summed E-state index contributed by atoms with van der Waals surface area (Å²) in [6, 6.07) is 0.167. The van der Waals surface area contributed by atoms with Gasteiger partial charge in [0, 0.05) is 32.2 Å². The van der Waals surface area contributed by atoms with Crippen LogP contribution in [0.4, 0.5) is 23.3 Å². The summed E-state index contributed by atoms with van der Waals surface area (Å²) in [5.74, 6) is 0.558. The quantitative estimate of drug-likeness (QED) is 0.595. The van der Waals surface area contributed by atoms with Crippen molar-refractivity contribution >= 4 is 23.3 Å². The number of hydrogen-bond acceptors (Lipinski definition) is 8. The molecule has 1 saturated heterocycles. The van der Waals surface area contributed by atoms with Crippen LogP contribution in [0.25, 0.3) is 0 Å². The summed E-state index contributed by atoms with van der Waals surface area (Å²) in [5.41, 5.74) is 5.63. The highest BCUT2D eigenvalue weighted by molar-refractivity contribution is 5.71. The van der Waals surface area contributed by atoms with Crippen molar-refractivity contribution in [2.75, 3.05) is 48.7 Å². The first-order valence-corrected chi connectivity index (χ1v) is 8.02. The molecular weight excluding hydrogens is 298 g/mol. The third kappa shape index (κ3) is 3.98. The summed E-state index contributed by atoms with van der Waals surface area (Å²) >= 11 is 0. The highest BCUT2D eigenvalue weighted by Crippen LogP contribution is 2.32. The fourth-order valence-electron chi connectivity index (χ4n) is 2.52. The van der Waals surface area contributed by atoms with Crippen molar-refractivity contribution < 1.29 is 4.92 Å². The van der Waals surface area contributed by atoms with Crippen LogP contribution in [0, 0.1) is 10.1 Å². The van der Waals surface area contributed by atoms with Gasteiger partial charge in [0.05, 0.1) is 4.92 Å². The van der Waals surface area contributed by atoms with Crippen molar-refractivity contribution in [3.8, 4) is 0 Å². The molecule has 9 nitrogen and oxygen atoms in total. The largest absolute Gasteiger partial charge is 0.378 e. The maximum Gasteiger partial charge on any atom is 0.353 e. The Morgan fingerprint density at radius 1 is 1.30 bits per heavy atom. The number of hydrogen-bond donors (Lipinski definition) is 2. The third-order valence-corrected chi connectivity index (χ3v) is 4.18. The Hall–Kier alpha value is -2.16. The number of aromatic nitrogens is 2. The molecule has 1 aromatic rings. The van der Waals surface area contributed by atoms with Crippen LogP contribution < -0.4 is 16.0 Å². The smallest absolute Gasteiger partial charge is 0.353 e. The number of nitrogen functional groups attached to an aromatic ring is 1. The maximum absolute atomic E-state index is 11.4. The normalized spacial score (nSPS) is 17.1. The molecule has 1 aromatic heterocycles. The molecule has 3 N–H and O–H groups in total. The Balaban J connectivity index is 2.32. The summed E-state index contributed by atoms with van der Waals surface area (Å²) in [7, 11) is 0. The SMILES string of the molecule is CC[C@H](C)Nc1nc(N)c([N+](=O)[O-])c(N2CCN(CC)CC2)n1. The van der Waals surface area contributed by atoms with Crippen LogP contribution in [-0.4, -0.2) is 58.6 Å². The van der Waals surface area contributed by atoms with Gasteiger partial charge in [-0.1, -0.05) is 13.8 Å². The molecule has 2 rings (SSSR count). The summed E-state index contributed by atoms with van der Waals surface area (Å²) in [5, 5.41) is 14.5. The molecule has 0 aromatic carbocycles. The number of likely N-dealkylation sites (N-methyl/N-ethyl adjacent to an activating group) is 1. The van der Waals surface area contributed by atoms with E-state index in [2.05, 4.69) is 27.1 Å². The van der Waals surface area contributed by atoms with Gasteiger partial charge in [-0.05, 0) is 19.9 Å². The Morgan fingerprint density at radius 3 is 2.48 bits per heavy atom. The van der Waals surface area contributed by atoms with Gasteiger partial charge in [-0.3, -0.25) is 10.1 Å². The topological polar surface area (TPSA) is 113 Å². The molecule has 0 aliphatic carbocycles. The molecular formula is C14H25N7O2. The Morgan fingerprint density at radius 2 is 1.96 bits per heavy atom. The van der Waals surface area contributed by atoms with Crippen LogP contribution in [0.3, 0.4) is 0 Å². The molecule has 128 valence electrons. The molecule has 1 fully saturated rings. The summed E-state index contributed by atoms with van der Waals surface area (Å²) in [6.45, 7) is 10.2. The van der Waals surface area contributed by atoms with Gasteiger partial charge in [0.1, 0.15) is 0 Å². The second-order valence-corrected chi connectivity index (χ2v) is 5.74. The first-order valence-electron chi connectivity index (χ1n) is 8.02. The van der Waals surface area contributed by atoms with Crippen molar-refractivity contribution in [1.29, 1.82) is 0 Å². The van der Waals surface area contributed by atoms with E-state index in [0.29, 0.717) is 24.9 Å². The molecule has 0 bridgehead atoms. The monoisotopic (exact) mass is 323 g/mol. The van der Waals surface area contributed by atoms with E-state index in [1.165, 1.54) is 0 Å². The Labute approximate surface area is 136 Å². The minimum absolute atomic E-state index is 0.0938. The number of piperazine rings is 1. The molecule has 0 spiro atoms. The van der Waals surface area contributed by atoms with E-state index < -0.39 is 4.92 Å². The molecule has 1 aliphatic heterocycles. The highest BCUT2D eigenvalue weighted by Gasteiger charge is 2.29. The first kappa shape index (κ1) is 17.2. The molecule has 0 saturated carbocycles. The highest BCUT2D eigenvalue weighted by atomic mass is 16.6. The summed E-state index contributed by atoms with van der Waals surface area (Å²) in [4.78, 5) is 23.5. The standard InChI is InChI=1S/C14H25N7O2/c1-4-10(3)16-14-17-12(15)11(21(22)23)13(18-14)20-8-6-19(5-2)7-9-20/h10H,4-9H2,1-3H3,(H3,15,16,17,18)/t10-/m0/s1. The number of nitrogens with two attached hydrogens (primary N) is 1. The van der Waals surface area contributed by atoms with Gasteiger partial charge in [0.15, 0.2) is 0 Å². The van der Waals surface area contributed by atoms with E-state index in [0.717, 1.165) is 26.1 Å². The molecule has 1 atom stereocenters. The van der Waals surface area contributed by atoms with E-state index in [-0.39, 0.29) is 17.5 Å². The van der Waals surface area contributed by atoms with E-state index in [9.17, 15) is 10.1 Å². The van der Waals surface area contributed by atoms with Gasteiger partial charge >= 0.3 is 5.69 Å². The second kappa shape index (κ2) is 7.40. The average Bonchev–Trinajstić information content (AvgIpc) is 2.53. The lowest BCUT2D eigenvalue weighted by atomic mass is 10.2. The van der Waals surface area contributed by atoms with Crippen molar-refractivity contribution in [2.45, 2.75) is 33.2 Å². The van der Waals surface area contributed by atoms with Crippen molar-refractivity contribution in [3.05, 3.63) is 10.1 Å². The van der Waals surface area contributed by atoms with E-state index in [4.69, 9.17) is 5.73 Å². The zero-order chi connectivity index (χ0) is 17.0. The van der Waals surface area contributed by atoms with Crippen LogP contribution in [0.5, 0.6) is 0 Å². The molecule has 0 amide bonds. The minimum atomic E-state index is -0.496. The van der Waals surface area contributed by atoms with Crippen LogP contribution in [-0.2, 0) is 0 Å². The number of nitro groups is 1. The van der Waals surface area contributed by atoms with Crippen LogP contribution in [0.15, 0.2) is 0 Å². The maximum atomic E-state index is 11.4. The second-order valence-electron chi connectivity index (χ2n) is 5.74. The number of nitrogens with zero attached hydrogens (tertiary/aromatic N) is 5. The van der Waals surface area contributed by atoms with Crippen molar-refractivity contribution in [1.82, 2.24) is 14.9 Å². The van der Waals surface area contributed by atoms with Crippen LogP contribution >= 0.6 is 0 Å². The Bertz CT molecular complexity index is 558. The van der Waals surface area contributed by atoms with Crippen molar-refractivity contribution in [2.24, 2.45) is 0 Å². The zero-order valence-electron chi connectivity index (χ0n) is 13.9. The van der Waals surface area contributed by atoms with E-state index >= 15 is 0 Å². The summed E-state index contributed by atoms with van der Waals surface area (Å²) in [6.07, 6.45) is 0.894. The molecule has 0 unspecified atom stereocenters. The predicted molar refractivity (Wildman–Crippen MR) is 90.8 cm³/mol. The number of anilines is 3. The van der Waals surface area contributed by atoms with Gasteiger partial charge in [0.25, 0.3) is 0 Å². The zero-order valence-corrected chi connectivity index (χ0v) is 13.9. The fraction of sp³-hybridized carbons (Fsp3) is 0.714. The lowest BCUT2D eigenvalue weighted by molar-refractivity contribution is -0.383. The van der Waals surface area contributed by atoms with Crippen molar-refractivity contribution in [3.63, 3.8) is 0 Å². The van der Waals surface area contributed by atoms with E-state index in [1.54, 1.807) is 0 Å². The lowest BCUT2D eigenvalue weighted by Crippen LogP contribution is -2.46. The van der Waals surface area contributed by atoms with Gasteiger partial charge < -0.3 is 20.9 Å². The molecule has 9 heteroatoms. The third-order valence-electron chi connectivity index (χ3n) is 4.18. The predicted octanol–water partition coefficient (Wildman–Crippen LogP) is 1.32. The molecule has 2 heterocycles. The van der Waals surface area contributed by atoms with Gasteiger partial charge in [0.2, 0.25) is 17.6 Å². The van der Waals surface area contributed by atoms with E-state index in [1.807, 2.05) is 18.7 Å². The Kier molecular flexibility index (Phi) is 5.54. The fourth-order valence-corrected chi connectivity index (χ4v) is 2.52. The average molecular weight is 323 g/mol. The number of nitrogens with one attached hydrogen (secondary N) is 1. The van der Waals surface area contributed by atoms with Gasteiger partial charge in [-0.25, -0.2) is 0 Å². The van der Waals surface area contributed by atoms with Gasteiger partial charge in [-0.2, -0.15) is 9.97 Å². The molecule has 23 heavy (non-hydrogen) atoms. The first-order chi connectivity index (χ1) is 11.0. The molecule has 0 radical (unpaired) electrons. The number of rotatable bonds is 6. The molecule has 1 aliphatic rings. The lowest BCUT2D eigenvalue weighted by Gasteiger charge is -2.34. The van der Waals surface area contributed by atoms with Crippen LogP contribution in [0.1, 0.15) is 27.2 Å². The minimum Gasteiger partial charge on any atom is -0.378 e.